The molecule has 3 nitrogen and oxygen atoms in total. The van der Waals surface area contributed by atoms with Gasteiger partial charge in [-0.25, -0.2) is 0 Å². The van der Waals surface area contributed by atoms with E-state index in [0.717, 1.165) is 6.42 Å². The topological polar surface area (TPSA) is 33.8 Å². The summed E-state index contributed by atoms with van der Waals surface area (Å²) in [6.07, 6.45) is 2.27. The van der Waals surface area contributed by atoms with Crippen LogP contribution >= 0.6 is 0 Å². The van der Waals surface area contributed by atoms with Crippen LogP contribution in [0.1, 0.15) is 20.3 Å². The van der Waals surface area contributed by atoms with Gasteiger partial charge >= 0.3 is 0 Å². The highest BCUT2D eigenvalue weighted by atomic mass is 16.7. The van der Waals surface area contributed by atoms with Gasteiger partial charge in [-0.15, -0.1) is 0 Å². The molecule has 2 rings (SSSR count). The Labute approximate surface area is 60.6 Å². The van der Waals surface area contributed by atoms with Gasteiger partial charge in [0.15, 0.2) is 0 Å². The monoisotopic (exact) mass is 143 g/mol. The molecule has 0 radical (unpaired) electrons. The van der Waals surface area contributed by atoms with E-state index in [1.54, 1.807) is 0 Å². The van der Waals surface area contributed by atoms with E-state index < -0.39 is 0 Å². The van der Waals surface area contributed by atoms with Crippen molar-refractivity contribution in [1.29, 1.82) is 0 Å². The number of hydrogen-bond acceptors (Lipinski definition) is 3. The molecule has 0 aliphatic carbocycles. The van der Waals surface area contributed by atoms with Gasteiger partial charge in [0.25, 0.3) is 0 Å². The molecule has 0 bridgehead atoms. The van der Waals surface area contributed by atoms with Gasteiger partial charge in [-0.3, -0.25) is 4.84 Å². The minimum Gasteiger partial charge on any atom is -0.368 e. The Morgan fingerprint density at radius 1 is 1.40 bits per heavy atom. The first kappa shape index (κ1) is 6.58. The second-order valence-electron chi connectivity index (χ2n) is 3.19. The third-order valence-electron chi connectivity index (χ3n) is 2.16. The molecule has 2 aliphatic rings. The fourth-order valence-corrected chi connectivity index (χ4v) is 1.48. The Bertz CT molecular complexity index is 140. The molecular weight excluding hydrogens is 130 g/mol. The largest absolute Gasteiger partial charge is 0.368 e. The number of epoxide rings is 1. The number of rotatable bonds is 1. The lowest BCUT2D eigenvalue weighted by molar-refractivity contribution is 0.0339. The van der Waals surface area contributed by atoms with E-state index >= 15 is 0 Å². The summed E-state index contributed by atoms with van der Waals surface area (Å²) in [4.78, 5) is 5.19. The summed E-state index contributed by atoms with van der Waals surface area (Å²) in [7, 11) is 0. The van der Waals surface area contributed by atoms with Gasteiger partial charge in [-0.2, -0.15) is 5.48 Å². The Hall–Kier alpha value is -0.120. The molecule has 0 saturated carbocycles. The first-order valence-electron chi connectivity index (χ1n) is 3.84. The van der Waals surface area contributed by atoms with Crippen molar-refractivity contribution < 1.29 is 9.57 Å². The lowest BCUT2D eigenvalue weighted by Crippen LogP contribution is -2.26. The second-order valence-corrected chi connectivity index (χ2v) is 3.19. The molecule has 2 aliphatic heterocycles. The summed E-state index contributed by atoms with van der Waals surface area (Å²) < 4.78 is 5.31. The van der Waals surface area contributed by atoms with Crippen LogP contribution in [-0.2, 0) is 9.57 Å². The van der Waals surface area contributed by atoms with Crippen LogP contribution in [0.3, 0.4) is 0 Å². The zero-order valence-electron chi connectivity index (χ0n) is 6.33. The fourth-order valence-electron chi connectivity index (χ4n) is 1.48. The SMILES string of the molecule is CC1OC1C1C[C@H](C)ON1. The first-order chi connectivity index (χ1) is 4.77. The van der Waals surface area contributed by atoms with E-state index in [1.807, 2.05) is 0 Å². The summed E-state index contributed by atoms with van der Waals surface area (Å²) in [5.41, 5.74) is 2.97. The van der Waals surface area contributed by atoms with Crippen LogP contribution in [0.5, 0.6) is 0 Å². The number of nitrogens with one attached hydrogen (secondary N) is 1. The second kappa shape index (κ2) is 2.19. The Balaban J connectivity index is 1.85. The average molecular weight is 143 g/mol. The van der Waals surface area contributed by atoms with Crippen LogP contribution in [0.4, 0.5) is 0 Å². The molecule has 10 heavy (non-hydrogen) atoms. The minimum absolute atomic E-state index is 0.349. The molecule has 4 atom stereocenters. The van der Waals surface area contributed by atoms with Crippen LogP contribution in [0.15, 0.2) is 0 Å². The Kier molecular flexibility index (Phi) is 1.44. The van der Waals surface area contributed by atoms with E-state index in [0.29, 0.717) is 24.4 Å². The van der Waals surface area contributed by atoms with E-state index in [9.17, 15) is 0 Å². The quantitative estimate of drug-likeness (QED) is 0.541. The van der Waals surface area contributed by atoms with Gasteiger partial charge in [0.1, 0.15) is 6.10 Å². The van der Waals surface area contributed by atoms with Gasteiger partial charge in [0, 0.05) is 0 Å². The highest BCUT2D eigenvalue weighted by Gasteiger charge is 2.44. The van der Waals surface area contributed by atoms with E-state index in [4.69, 9.17) is 9.57 Å². The molecule has 0 aromatic heterocycles. The Morgan fingerprint density at radius 2 is 2.10 bits per heavy atom. The molecule has 0 spiro atoms. The molecule has 2 saturated heterocycles. The molecule has 1 N–H and O–H groups in total. The molecule has 58 valence electrons. The summed E-state index contributed by atoms with van der Waals surface area (Å²) >= 11 is 0. The van der Waals surface area contributed by atoms with Gasteiger partial charge in [-0.05, 0) is 20.3 Å². The third-order valence-corrected chi connectivity index (χ3v) is 2.16. The van der Waals surface area contributed by atoms with Crippen LogP contribution in [0.25, 0.3) is 0 Å². The van der Waals surface area contributed by atoms with Gasteiger partial charge in [-0.1, -0.05) is 0 Å². The molecule has 3 unspecified atom stereocenters. The van der Waals surface area contributed by atoms with E-state index in [-0.39, 0.29) is 0 Å². The van der Waals surface area contributed by atoms with Crippen LogP contribution in [-0.4, -0.2) is 24.4 Å². The Morgan fingerprint density at radius 3 is 2.50 bits per heavy atom. The number of hydroxylamine groups is 1. The molecule has 3 heteroatoms. The standard InChI is InChI=1S/C7H13NO2/c1-4-3-6(8-10-4)7-5(2)9-7/h4-8H,3H2,1-2H3/t4-,5?,6?,7?/m0/s1. The maximum atomic E-state index is 5.31. The maximum Gasteiger partial charge on any atom is 0.101 e. The van der Waals surface area contributed by atoms with Crippen molar-refractivity contribution in [1.82, 2.24) is 5.48 Å². The summed E-state index contributed by atoms with van der Waals surface area (Å²) in [6, 6.07) is 0.435. The zero-order chi connectivity index (χ0) is 7.14. The van der Waals surface area contributed by atoms with E-state index in [2.05, 4.69) is 19.3 Å². The summed E-state index contributed by atoms with van der Waals surface area (Å²) in [6.45, 7) is 4.16. The zero-order valence-corrected chi connectivity index (χ0v) is 6.33. The van der Waals surface area contributed by atoms with Crippen molar-refractivity contribution in [3.63, 3.8) is 0 Å². The first-order valence-corrected chi connectivity index (χ1v) is 3.84. The molecule has 2 heterocycles. The summed E-state index contributed by atoms with van der Waals surface area (Å²) in [5.74, 6) is 0. The molecular formula is C7H13NO2. The average Bonchev–Trinajstić information content (AvgIpc) is 2.42. The van der Waals surface area contributed by atoms with Crippen molar-refractivity contribution >= 4 is 0 Å². The maximum absolute atomic E-state index is 5.31. The predicted molar refractivity (Wildman–Crippen MR) is 36.4 cm³/mol. The van der Waals surface area contributed by atoms with Gasteiger partial charge in [0.2, 0.25) is 0 Å². The minimum atomic E-state index is 0.349. The molecule has 0 aromatic carbocycles. The van der Waals surface area contributed by atoms with Crippen molar-refractivity contribution in [3.8, 4) is 0 Å². The highest BCUT2D eigenvalue weighted by molar-refractivity contribution is 4.93. The molecule has 0 aromatic rings. The highest BCUT2D eigenvalue weighted by Crippen LogP contribution is 2.29. The third kappa shape index (κ3) is 1.05. The van der Waals surface area contributed by atoms with Gasteiger partial charge < -0.3 is 4.74 Å². The normalized spacial score (nSPS) is 53.4. The lowest BCUT2D eigenvalue weighted by Gasteiger charge is -2.00. The predicted octanol–water partition coefficient (Wildman–Crippen LogP) is 0.456. The number of hydrogen-bond donors (Lipinski definition) is 1. The number of ether oxygens (including phenoxy) is 1. The lowest BCUT2D eigenvalue weighted by atomic mass is 10.1. The van der Waals surface area contributed by atoms with Crippen molar-refractivity contribution in [2.45, 2.75) is 44.6 Å². The molecule has 2 fully saturated rings. The van der Waals surface area contributed by atoms with Crippen LogP contribution < -0.4 is 5.48 Å². The van der Waals surface area contributed by atoms with Crippen LogP contribution in [0.2, 0.25) is 0 Å². The van der Waals surface area contributed by atoms with Gasteiger partial charge in [0.05, 0.1) is 18.2 Å². The fraction of sp³-hybridized carbons (Fsp3) is 1.00. The van der Waals surface area contributed by atoms with Crippen molar-refractivity contribution in [2.24, 2.45) is 0 Å². The van der Waals surface area contributed by atoms with Crippen molar-refractivity contribution in [2.75, 3.05) is 0 Å². The van der Waals surface area contributed by atoms with E-state index in [1.165, 1.54) is 0 Å². The van der Waals surface area contributed by atoms with Crippen molar-refractivity contribution in [3.05, 3.63) is 0 Å². The summed E-state index contributed by atoms with van der Waals surface area (Å²) in [5, 5.41) is 0. The molecule has 0 amide bonds. The van der Waals surface area contributed by atoms with Crippen LogP contribution in [0, 0.1) is 0 Å². The smallest absolute Gasteiger partial charge is 0.101 e.